The molecule has 1 aromatic carbocycles. The molecule has 0 atom stereocenters. The van der Waals surface area contributed by atoms with Crippen LogP contribution in [0.25, 0.3) is 0 Å². The number of rotatable bonds is 3. The van der Waals surface area contributed by atoms with Crippen molar-refractivity contribution in [1.82, 2.24) is 14.6 Å². The Morgan fingerprint density at radius 3 is 2.70 bits per heavy atom. The SMILES string of the molecule is Cc1cn(N=Cc2ccccc2C(=O)N(C)C)c(N)n1. The maximum Gasteiger partial charge on any atom is 0.254 e. The summed E-state index contributed by atoms with van der Waals surface area (Å²) in [7, 11) is 3.43. The van der Waals surface area contributed by atoms with Gasteiger partial charge in [0.25, 0.3) is 5.91 Å². The minimum absolute atomic E-state index is 0.0677. The zero-order valence-corrected chi connectivity index (χ0v) is 11.7. The smallest absolute Gasteiger partial charge is 0.254 e. The number of hydrogen-bond donors (Lipinski definition) is 1. The van der Waals surface area contributed by atoms with Crippen LogP contribution >= 0.6 is 0 Å². The van der Waals surface area contributed by atoms with E-state index in [0.29, 0.717) is 11.5 Å². The number of aryl methyl sites for hydroxylation is 1. The van der Waals surface area contributed by atoms with Crippen LogP contribution in [0.15, 0.2) is 35.6 Å². The maximum atomic E-state index is 12.1. The highest BCUT2D eigenvalue weighted by molar-refractivity contribution is 6.02. The van der Waals surface area contributed by atoms with E-state index in [-0.39, 0.29) is 5.91 Å². The van der Waals surface area contributed by atoms with Crippen LogP contribution in [0.2, 0.25) is 0 Å². The van der Waals surface area contributed by atoms with E-state index < -0.39 is 0 Å². The Hall–Kier alpha value is -2.63. The summed E-state index contributed by atoms with van der Waals surface area (Å²) >= 11 is 0. The Bertz CT molecular complexity index is 657. The number of nitrogen functional groups attached to an aromatic ring is 1. The van der Waals surface area contributed by atoms with Gasteiger partial charge in [0.05, 0.1) is 18.1 Å². The molecule has 0 bridgehead atoms. The van der Waals surface area contributed by atoms with Gasteiger partial charge in [-0.05, 0) is 13.0 Å². The lowest BCUT2D eigenvalue weighted by molar-refractivity contribution is 0.0827. The molecular weight excluding hydrogens is 254 g/mol. The van der Waals surface area contributed by atoms with Crippen LogP contribution in [0.1, 0.15) is 21.6 Å². The molecule has 0 fully saturated rings. The van der Waals surface area contributed by atoms with Gasteiger partial charge in [0.15, 0.2) is 0 Å². The highest BCUT2D eigenvalue weighted by Crippen LogP contribution is 2.10. The predicted molar refractivity (Wildman–Crippen MR) is 78.8 cm³/mol. The number of imidazole rings is 1. The van der Waals surface area contributed by atoms with E-state index in [1.54, 1.807) is 32.6 Å². The Morgan fingerprint density at radius 1 is 1.40 bits per heavy atom. The fraction of sp³-hybridized carbons (Fsp3) is 0.214. The molecule has 6 nitrogen and oxygen atoms in total. The first-order valence-corrected chi connectivity index (χ1v) is 6.15. The number of benzene rings is 1. The van der Waals surface area contributed by atoms with Crippen LogP contribution in [-0.2, 0) is 0 Å². The van der Waals surface area contributed by atoms with E-state index in [2.05, 4.69) is 10.1 Å². The molecule has 20 heavy (non-hydrogen) atoms. The second kappa shape index (κ2) is 5.56. The Kier molecular flexibility index (Phi) is 3.84. The van der Waals surface area contributed by atoms with Crippen molar-refractivity contribution in [2.75, 3.05) is 19.8 Å². The first kappa shape index (κ1) is 13.8. The summed E-state index contributed by atoms with van der Waals surface area (Å²) in [6.45, 7) is 1.84. The van der Waals surface area contributed by atoms with Gasteiger partial charge >= 0.3 is 0 Å². The fourth-order valence-corrected chi connectivity index (χ4v) is 1.77. The Morgan fingerprint density at radius 2 is 2.10 bits per heavy atom. The number of nitrogens with two attached hydrogens (primary N) is 1. The topological polar surface area (TPSA) is 76.5 Å². The number of aromatic nitrogens is 2. The van der Waals surface area contributed by atoms with E-state index in [1.807, 2.05) is 25.1 Å². The number of anilines is 1. The number of hydrogen-bond acceptors (Lipinski definition) is 4. The van der Waals surface area contributed by atoms with Crippen molar-refractivity contribution in [3.63, 3.8) is 0 Å². The lowest BCUT2D eigenvalue weighted by atomic mass is 10.1. The summed E-state index contributed by atoms with van der Waals surface area (Å²) in [6, 6.07) is 7.28. The molecule has 0 aliphatic rings. The van der Waals surface area contributed by atoms with E-state index >= 15 is 0 Å². The van der Waals surface area contributed by atoms with Gasteiger partial charge < -0.3 is 10.6 Å². The van der Waals surface area contributed by atoms with Crippen LogP contribution in [0, 0.1) is 6.92 Å². The molecule has 0 spiro atoms. The number of carbonyl (C=O) groups excluding carboxylic acids is 1. The molecule has 0 saturated heterocycles. The van der Waals surface area contributed by atoms with Crippen LogP contribution in [-0.4, -0.2) is 40.8 Å². The second-order valence-electron chi connectivity index (χ2n) is 4.62. The largest absolute Gasteiger partial charge is 0.368 e. The van der Waals surface area contributed by atoms with Crippen LogP contribution in [0.5, 0.6) is 0 Å². The number of amides is 1. The molecule has 0 radical (unpaired) electrons. The molecule has 2 aromatic rings. The molecule has 6 heteroatoms. The third-order valence-corrected chi connectivity index (χ3v) is 2.75. The van der Waals surface area contributed by atoms with Crippen molar-refractivity contribution < 1.29 is 4.79 Å². The zero-order valence-electron chi connectivity index (χ0n) is 11.7. The van der Waals surface area contributed by atoms with Gasteiger partial charge in [-0.1, -0.05) is 18.2 Å². The third-order valence-electron chi connectivity index (χ3n) is 2.75. The first-order chi connectivity index (χ1) is 9.49. The van der Waals surface area contributed by atoms with Crippen molar-refractivity contribution in [2.24, 2.45) is 5.10 Å². The monoisotopic (exact) mass is 271 g/mol. The molecule has 1 aromatic heterocycles. The van der Waals surface area contributed by atoms with Crippen LogP contribution in [0.4, 0.5) is 5.95 Å². The average molecular weight is 271 g/mol. The van der Waals surface area contributed by atoms with Crippen LogP contribution < -0.4 is 5.73 Å². The molecule has 1 amide bonds. The molecule has 1 heterocycles. The van der Waals surface area contributed by atoms with Crippen molar-refractivity contribution >= 4 is 18.1 Å². The molecule has 2 N–H and O–H groups in total. The lowest BCUT2D eigenvalue weighted by Gasteiger charge is -2.11. The van der Waals surface area contributed by atoms with Gasteiger partial charge in [0.2, 0.25) is 5.95 Å². The van der Waals surface area contributed by atoms with Gasteiger partial charge in [0, 0.05) is 25.2 Å². The summed E-state index contributed by atoms with van der Waals surface area (Å²) in [5.41, 5.74) is 7.83. The molecule has 2 rings (SSSR count). The van der Waals surface area contributed by atoms with Crippen LogP contribution in [0.3, 0.4) is 0 Å². The van der Waals surface area contributed by atoms with Gasteiger partial charge in [-0.25, -0.2) is 9.66 Å². The van der Waals surface area contributed by atoms with Gasteiger partial charge in [0.1, 0.15) is 0 Å². The van der Waals surface area contributed by atoms with Crippen molar-refractivity contribution in [2.45, 2.75) is 6.92 Å². The minimum atomic E-state index is -0.0677. The highest BCUT2D eigenvalue weighted by atomic mass is 16.2. The van der Waals surface area contributed by atoms with Crippen molar-refractivity contribution in [1.29, 1.82) is 0 Å². The summed E-state index contributed by atoms with van der Waals surface area (Å²) in [6.07, 6.45) is 3.33. The summed E-state index contributed by atoms with van der Waals surface area (Å²) in [4.78, 5) is 17.7. The van der Waals surface area contributed by atoms with Crippen molar-refractivity contribution in [3.05, 3.63) is 47.3 Å². The molecule has 0 aliphatic carbocycles. The molecule has 104 valence electrons. The second-order valence-corrected chi connectivity index (χ2v) is 4.62. The van der Waals surface area contributed by atoms with E-state index in [1.165, 1.54) is 9.58 Å². The maximum absolute atomic E-state index is 12.1. The van der Waals surface area contributed by atoms with Gasteiger partial charge in [-0.3, -0.25) is 4.79 Å². The fourth-order valence-electron chi connectivity index (χ4n) is 1.77. The summed E-state index contributed by atoms with van der Waals surface area (Å²) in [5, 5.41) is 4.23. The van der Waals surface area contributed by atoms with Gasteiger partial charge in [-0.15, -0.1) is 0 Å². The number of nitrogens with zero attached hydrogens (tertiary/aromatic N) is 4. The van der Waals surface area contributed by atoms with E-state index in [0.717, 1.165) is 11.3 Å². The minimum Gasteiger partial charge on any atom is -0.368 e. The normalized spacial score (nSPS) is 10.9. The highest BCUT2D eigenvalue weighted by Gasteiger charge is 2.11. The summed E-state index contributed by atoms with van der Waals surface area (Å²) < 4.78 is 1.48. The average Bonchev–Trinajstić information content (AvgIpc) is 2.74. The predicted octanol–water partition coefficient (Wildman–Crippen LogP) is 1.36. The quantitative estimate of drug-likeness (QED) is 0.856. The Labute approximate surface area is 117 Å². The third kappa shape index (κ3) is 2.85. The van der Waals surface area contributed by atoms with Crippen molar-refractivity contribution in [3.8, 4) is 0 Å². The van der Waals surface area contributed by atoms with E-state index in [9.17, 15) is 4.79 Å². The molecule has 0 saturated carbocycles. The lowest BCUT2D eigenvalue weighted by Crippen LogP contribution is -2.22. The first-order valence-electron chi connectivity index (χ1n) is 6.15. The standard InChI is InChI=1S/C14H17N5O/c1-10-9-19(14(15)17-10)16-8-11-6-4-5-7-12(11)13(20)18(2)3/h4-9H,1-3H3,(H2,15,17). The molecular formula is C14H17N5O. The number of carbonyl (C=O) groups is 1. The molecule has 0 aliphatic heterocycles. The van der Waals surface area contributed by atoms with Gasteiger partial charge in [-0.2, -0.15) is 5.10 Å². The Balaban J connectivity index is 2.34. The van der Waals surface area contributed by atoms with E-state index in [4.69, 9.17) is 5.73 Å². The molecule has 0 unspecified atom stereocenters. The zero-order chi connectivity index (χ0) is 14.7. The summed E-state index contributed by atoms with van der Waals surface area (Å²) in [5.74, 6) is 0.247.